The molecule has 0 unspecified atom stereocenters. The summed E-state index contributed by atoms with van der Waals surface area (Å²) in [5.74, 6) is -0.521. The molecule has 0 saturated carbocycles. The summed E-state index contributed by atoms with van der Waals surface area (Å²) >= 11 is 0. The zero-order chi connectivity index (χ0) is 7.95. The van der Waals surface area contributed by atoms with Crippen LogP contribution in [-0.2, 0) is 9.47 Å². The summed E-state index contributed by atoms with van der Waals surface area (Å²) in [6, 6.07) is 0. The molecule has 3 heteroatoms. The van der Waals surface area contributed by atoms with Crippen LogP contribution in [0.25, 0.3) is 0 Å². The molecule has 2 nitrogen and oxygen atoms in total. The van der Waals surface area contributed by atoms with E-state index in [1.807, 2.05) is 6.08 Å². The molecular formula is C9H13LiO2. The summed E-state index contributed by atoms with van der Waals surface area (Å²) in [5, 5.41) is 0. The Balaban J connectivity index is 0.000000720. The molecule has 1 aliphatic heterocycles. The standard InChI is InChI=1S/C9H13O2.Li/c1-8(2)4-3-5-9(8)10-6-7-11-9;/h3H,4,6-7H2,1-2H3;/q-1;+1. The Hall–Kier alpha value is 0.257. The van der Waals surface area contributed by atoms with Gasteiger partial charge in [0.2, 0.25) is 0 Å². The summed E-state index contributed by atoms with van der Waals surface area (Å²) in [6.07, 6.45) is 6.16. The van der Waals surface area contributed by atoms with Crippen molar-refractivity contribution in [2.75, 3.05) is 13.2 Å². The van der Waals surface area contributed by atoms with Gasteiger partial charge in [-0.15, -0.1) is 0 Å². The van der Waals surface area contributed by atoms with Gasteiger partial charge in [0.25, 0.3) is 0 Å². The maximum atomic E-state index is 5.55. The summed E-state index contributed by atoms with van der Waals surface area (Å²) in [5.41, 5.74) is 0.0590. The fourth-order valence-electron chi connectivity index (χ4n) is 1.66. The van der Waals surface area contributed by atoms with E-state index in [0.29, 0.717) is 13.2 Å². The van der Waals surface area contributed by atoms with Crippen LogP contribution < -0.4 is 18.9 Å². The van der Waals surface area contributed by atoms with E-state index >= 15 is 0 Å². The van der Waals surface area contributed by atoms with Crippen molar-refractivity contribution in [1.29, 1.82) is 0 Å². The van der Waals surface area contributed by atoms with Crippen molar-refractivity contribution in [1.82, 2.24) is 0 Å². The van der Waals surface area contributed by atoms with Crippen LogP contribution >= 0.6 is 0 Å². The van der Waals surface area contributed by atoms with E-state index in [4.69, 9.17) is 9.47 Å². The van der Waals surface area contributed by atoms with Crippen molar-refractivity contribution < 1.29 is 28.3 Å². The van der Waals surface area contributed by atoms with Crippen LogP contribution in [0.2, 0.25) is 0 Å². The summed E-state index contributed by atoms with van der Waals surface area (Å²) in [6.45, 7) is 5.69. The van der Waals surface area contributed by atoms with Gasteiger partial charge in [0.1, 0.15) is 0 Å². The van der Waals surface area contributed by atoms with Crippen LogP contribution in [0.3, 0.4) is 0 Å². The van der Waals surface area contributed by atoms with Crippen molar-refractivity contribution in [2.24, 2.45) is 5.41 Å². The zero-order valence-electron chi connectivity index (χ0n) is 8.02. The van der Waals surface area contributed by atoms with E-state index in [2.05, 4.69) is 19.9 Å². The molecule has 1 saturated heterocycles. The molecule has 0 aromatic rings. The molecule has 2 rings (SSSR count). The predicted molar refractivity (Wildman–Crippen MR) is 40.8 cm³/mol. The molecule has 0 atom stereocenters. The van der Waals surface area contributed by atoms with Gasteiger partial charge in [-0.1, -0.05) is 20.3 Å². The number of ether oxygens (including phenoxy) is 2. The maximum absolute atomic E-state index is 5.55. The van der Waals surface area contributed by atoms with Crippen LogP contribution in [-0.4, -0.2) is 19.0 Å². The van der Waals surface area contributed by atoms with Crippen LogP contribution in [0.5, 0.6) is 0 Å². The van der Waals surface area contributed by atoms with Gasteiger partial charge in [0.05, 0.1) is 13.2 Å². The topological polar surface area (TPSA) is 18.5 Å². The fourth-order valence-corrected chi connectivity index (χ4v) is 1.66. The molecule has 12 heavy (non-hydrogen) atoms. The summed E-state index contributed by atoms with van der Waals surface area (Å²) < 4.78 is 11.1. The van der Waals surface area contributed by atoms with E-state index in [-0.39, 0.29) is 24.3 Å². The maximum Gasteiger partial charge on any atom is 1.00 e. The van der Waals surface area contributed by atoms with E-state index in [0.717, 1.165) is 6.42 Å². The first-order valence-corrected chi connectivity index (χ1v) is 4.04. The van der Waals surface area contributed by atoms with Gasteiger partial charge < -0.3 is 15.5 Å². The predicted octanol–water partition coefficient (Wildman–Crippen LogP) is -1.48. The molecular weight excluding hydrogens is 147 g/mol. The molecule has 0 aromatic carbocycles. The summed E-state index contributed by atoms with van der Waals surface area (Å²) in [7, 11) is 0. The second-order valence-electron chi connectivity index (χ2n) is 3.75. The molecule has 1 spiro atoms. The first-order valence-electron chi connectivity index (χ1n) is 4.04. The largest absolute Gasteiger partial charge is 1.00 e. The van der Waals surface area contributed by atoms with E-state index in [1.54, 1.807) is 0 Å². The molecule has 0 bridgehead atoms. The Bertz CT molecular complexity index is 193. The van der Waals surface area contributed by atoms with Crippen LogP contribution in [0.15, 0.2) is 6.08 Å². The zero-order valence-corrected chi connectivity index (χ0v) is 8.02. The summed E-state index contributed by atoms with van der Waals surface area (Å²) in [4.78, 5) is 0. The normalized spacial score (nSPS) is 29.2. The first kappa shape index (κ1) is 10.3. The quantitative estimate of drug-likeness (QED) is 0.318. The molecule has 0 amide bonds. The Morgan fingerprint density at radius 3 is 2.25 bits per heavy atom. The molecule has 0 aromatic heterocycles. The van der Waals surface area contributed by atoms with E-state index in [1.165, 1.54) is 0 Å². The van der Waals surface area contributed by atoms with Crippen molar-refractivity contribution >= 4 is 0 Å². The molecule has 1 fully saturated rings. The molecule has 0 radical (unpaired) electrons. The van der Waals surface area contributed by atoms with Gasteiger partial charge in [-0.3, -0.25) is 6.08 Å². The van der Waals surface area contributed by atoms with Gasteiger partial charge in [0.15, 0.2) is 0 Å². The molecule has 1 heterocycles. The minimum atomic E-state index is -0.521. The minimum Gasteiger partial charge on any atom is -0.439 e. The van der Waals surface area contributed by atoms with Crippen molar-refractivity contribution in [3.8, 4) is 0 Å². The van der Waals surface area contributed by atoms with Gasteiger partial charge in [0, 0.05) is 5.79 Å². The van der Waals surface area contributed by atoms with Gasteiger partial charge in [-0.05, 0) is 5.41 Å². The average molecular weight is 160 g/mol. The molecule has 1 aliphatic carbocycles. The van der Waals surface area contributed by atoms with E-state index < -0.39 is 5.79 Å². The minimum absolute atomic E-state index is 0. The SMILES string of the molecule is CC1(C)CC=[C-]C12OCCO2.[Li+]. The molecule has 0 N–H and O–H groups in total. The third kappa shape index (κ3) is 1.28. The molecule has 62 valence electrons. The Kier molecular flexibility index (Phi) is 2.75. The molecule has 2 aliphatic rings. The smallest absolute Gasteiger partial charge is 0.439 e. The fraction of sp³-hybridized carbons (Fsp3) is 0.778. The third-order valence-corrected chi connectivity index (χ3v) is 2.49. The Morgan fingerprint density at radius 2 is 1.83 bits per heavy atom. The van der Waals surface area contributed by atoms with Crippen molar-refractivity contribution in [3.05, 3.63) is 12.2 Å². The van der Waals surface area contributed by atoms with Crippen LogP contribution in [0.4, 0.5) is 0 Å². The number of hydrogen-bond acceptors (Lipinski definition) is 2. The first-order chi connectivity index (χ1) is 5.16. The van der Waals surface area contributed by atoms with Gasteiger partial charge in [-0.25, -0.2) is 0 Å². The second-order valence-corrected chi connectivity index (χ2v) is 3.75. The van der Waals surface area contributed by atoms with Gasteiger partial charge in [-0.2, -0.15) is 0 Å². The van der Waals surface area contributed by atoms with Gasteiger partial charge >= 0.3 is 18.9 Å². The Morgan fingerprint density at radius 1 is 1.25 bits per heavy atom. The number of rotatable bonds is 0. The Labute approximate surface area is 85.5 Å². The van der Waals surface area contributed by atoms with Crippen LogP contribution in [0, 0.1) is 11.5 Å². The van der Waals surface area contributed by atoms with E-state index in [9.17, 15) is 0 Å². The average Bonchev–Trinajstić information content (AvgIpc) is 2.45. The monoisotopic (exact) mass is 160 g/mol. The van der Waals surface area contributed by atoms with Crippen LogP contribution in [0.1, 0.15) is 20.3 Å². The number of hydrogen-bond donors (Lipinski definition) is 0. The second kappa shape index (κ2) is 3.19. The number of allylic oxidation sites excluding steroid dienone is 1. The van der Waals surface area contributed by atoms with Crippen molar-refractivity contribution in [2.45, 2.75) is 26.1 Å². The third-order valence-electron chi connectivity index (χ3n) is 2.49. The van der Waals surface area contributed by atoms with Crippen molar-refractivity contribution in [3.63, 3.8) is 0 Å².